The Balaban J connectivity index is 1.37. The second-order valence-corrected chi connectivity index (χ2v) is 11.9. The summed E-state index contributed by atoms with van der Waals surface area (Å²) in [4.78, 5) is 38.5. The number of hydrogen-bond donors (Lipinski definition) is 4. The molecule has 240 valence electrons. The summed E-state index contributed by atoms with van der Waals surface area (Å²) in [5.74, 6) is -0.167. The van der Waals surface area contributed by atoms with Crippen LogP contribution in [-0.2, 0) is 27.2 Å². The van der Waals surface area contributed by atoms with Crippen molar-refractivity contribution in [1.82, 2.24) is 29.9 Å². The molecule has 0 radical (unpaired) electrons. The Morgan fingerprint density at radius 2 is 1.80 bits per heavy atom. The molecule has 0 aliphatic carbocycles. The molecule has 4 N–H and O–H groups in total. The number of carbonyl (C=O) groups excluding carboxylic acids is 2. The summed E-state index contributed by atoms with van der Waals surface area (Å²) >= 11 is 0. The summed E-state index contributed by atoms with van der Waals surface area (Å²) in [7, 11) is 0. The molecule has 4 rings (SSSR count). The van der Waals surface area contributed by atoms with E-state index >= 15 is 0 Å². The standard InChI is InChI=1S/C32H42N8O5/c1-7-22-17-36-40-27(22)38-29(39-30(40)35-16-21-11-13-23(14-12-21)25-10-8-9-15-33-25)34-18-24(41)19-44-28(42)26(20(2)3)37-31(43)45-32(4,5)6/h8-15,17,20,24,26,41H,7,16,18-19H2,1-6H3,(H,37,43)(H2,34,35,38,39)/t24-,26?/m1/s1. The van der Waals surface area contributed by atoms with Gasteiger partial charge < -0.3 is 30.5 Å². The van der Waals surface area contributed by atoms with Gasteiger partial charge in [-0.25, -0.2) is 9.59 Å². The van der Waals surface area contributed by atoms with Crippen molar-refractivity contribution < 1.29 is 24.2 Å². The van der Waals surface area contributed by atoms with Crippen LogP contribution in [0, 0.1) is 5.92 Å². The van der Waals surface area contributed by atoms with Crippen LogP contribution in [-0.4, -0.2) is 72.6 Å². The van der Waals surface area contributed by atoms with E-state index in [0.717, 1.165) is 28.8 Å². The molecule has 1 aromatic carbocycles. The van der Waals surface area contributed by atoms with Crippen molar-refractivity contribution in [1.29, 1.82) is 0 Å². The van der Waals surface area contributed by atoms with Crippen molar-refractivity contribution in [3.63, 3.8) is 0 Å². The maximum Gasteiger partial charge on any atom is 0.408 e. The molecular formula is C32H42N8O5. The number of aliphatic hydroxyl groups is 1. The van der Waals surface area contributed by atoms with Crippen LogP contribution in [0.1, 0.15) is 52.7 Å². The van der Waals surface area contributed by atoms with Crippen molar-refractivity contribution in [2.24, 2.45) is 5.92 Å². The van der Waals surface area contributed by atoms with Gasteiger partial charge in [0, 0.05) is 30.4 Å². The number of aromatic nitrogens is 5. The Hall–Kier alpha value is -4.78. The minimum Gasteiger partial charge on any atom is -0.461 e. The minimum atomic E-state index is -1.06. The highest BCUT2D eigenvalue weighted by molar-refractivity contribution is 5.81. The second-order valence-electron chi connectivity index (χ2n) is 11.9. The largest absolute Gasteiger partial charge is 0.461 e. The first-order chi connectivity index (χ1) is 21.4. The van der Waals surface area contributed by atoms with E-state index in [1.165, 1.54) is 0 Å². The number of hydrogen-bond acceptors (Lipinski definition) is 11. The van der Waals surface area contributed by atoms with E-state index < -0.39 is 29.8 Å². The van der Waals surface area contributed by atoms with Gasteiger partial charge in [0.15, 0.2) is 5.65 Å². The predicted molar refractivity (Wildman–Crippen MR) is 171 cm³/mol. The third-order valence-corrected chi connectivity index (χ3v) is 6.69. The molecule has 0 aliphatic rings. The molecule has 2 atom stereocenters. The van der Waals surface area contributed by atoms with Gasteiger partial charge in [-0.05, 0) is 50.8 Å². The normalized spacial score (nSPS) is 12.9. The number of fused-ring (bicyclic) bond motifs is 1. The fourth-order valence-electron chi connectivity index (χ4n) is 4.34. The molecule has 13 heteroatoms. The maximum absolute atomic E-state index is 12.7. The van der Waals surface area contributed by atoms with Gasteiger partial charge >= 0.3 is 12.1 Å². The van der Waals surface area contributed by atoms with Gasteiger partial charge in [0.05, 0.1) is 11.9 Å². The highest BCUT2D eigenvalue weighted by atomic mass is 16.6. The van der Waals surface area contributed by atoms with E-state index in [0.29, 0.717) is 18.1 Å². The SMILES string of the molecule is CCc1cnn2c(NCc3ccc(-c4ccccn4)cc3)nc(NC[C@@H](O)COC(=O)C(NC(=O)OC(C)(C)C)C(C)C)nc12. The number of esters is 1. The van der Waals surface area contributed by atoms with Crippen LogP contribution in [0.5, 0.6) is 0 Å². The Bertz CT molecular complexity index is 1570. The Morgan fingerprint density at radius 3 is 2.44 bits per heavy atom. The lowest BCUT2D eigenvalue weighted by molar-refractivity contribution is -0.150. The molecule has 0 aliphatic heterocycles. The van der Waals surface area contributed by atoms with Crippen molar-refractivity contribution in [3.05, 3.63) is 66.0 Å². The molecule has 13 nitrogen and oxygen atoms in total. The fraction of sp³-hybridized carbons (Fsp3) is 0.438. The van der Waals surface area contributed by atoms with Crippen LogP contribution in [0.15, 0.2) is 54.9 Å². The molecule has 0 saturated carbocycles. The number of pyridine rings is 1. The Morgan fingerprint density at radius 1 is 1.04 bits per heavy atom. The van der Waals surface area contributed by atoms with E-state index in [9.17, 15) is 14.7 Å². The van der Waals surface area contributed by atoms with Crippen molar-refractivity contribution in [3.8, 4) is 11.3 Å². The first kappa shape index (κ1) is 33.1. The quantitative estimate of drug-likeness (QED) is 0.159. The molecule has 0 saturated heterocycles. The number of amides is 1. The average molecular weight is 619 g/mol. The fourth-order valence-corrected chi connectivity index (χ4v) is 4.34. The van der Waals surface area contributed by atoms with Crippen LogP contribution >= 0.6 is 0 Å². The molecular weight excluding hydrogens is 576 g/mol. The van der Waals surface area contributed by atoms with E-state index in [1.807, 2.05) is 49.4 Å². The molecule has 3 aromatic heterocycles. The van der Waals surface area contributed by atoms with Gasteiger partial charge in [0.2, 0.25) is 11.9 Å². The Kier molecular flexibility index (Phi) is 10.9. The summed E-state index contributed by atoms with van der Waals surface area (Å²) in [5, 5.41) is 23.9. The number of alkyl carbamates (subject to hydrolysis) is 1. The topological polar surface area (TPSA) is 165 Å². The number of nitrogens with zero attached hydrogens (tertiary/aromatic N) is 5. The van der Waals surface area contributed by atoms with Gasteiger partial charge in [-0.15, -0.1) is 0 Å². The van der Waals surface area contributed by atoms with E-state index in [-0.39, 0.29) is 25.0 Å². The van der Waals surface area contributed by atoms with Gasteiger partial charge in [-0.2, -0.15) is 19.6 Å². The van der Waals surface area contributed by atoms with Crippen LogP contribution in [0.25, 0.3) is 16.9 Å². The van der Waals surface area contributed by atoms with Gasteiger partial charge in [-0.3, -0.25) is 4.98 Å². The van der Waals surface area contributed by atoms with Gasteiger partial charge in [0.1, 0.15) is 24.4 Å². The minimum absolute atomic E-state index is 0.0132. The number of anilines is 2. The Labute approximate surface area is 262 Å². The highest BCUT2D eigenvalue weighted by Crippen LogP contribution is 2.19. The monoisotopic (exact) mass is 618 g/mol. The number of aryl methyl sites for hydroxylation is 1. The zero-order valence-electron chi connectivity index (χ0n) is 26.6. The van der Waals surface area contributed by atoms with Crippen LogP contribution in [0.4, 0.5) is 16.7 Å². The number of benzene rings is 1. The van der Waals surface area contributed by atoms with Crippen molar-refractivity contribution in [2.75, 3.05) is 23.8 Å². The van der Waals surface area contributed by atoms with Gasteiger partial charge in [-0.1, -0.05) is 51.1 Å². The number of nitrogens with one attached hydrogen (secondary N) is 3. The van der Waals surface area contributed by atoms with Crippen LogP contribution in [0.2, 0.25) is 0 Å². The molecule has 0 bridgehead atoms. The summed E-state index contributed by atoms with van der Waals surface area (Å²) < 4.78 is 12.2. The van der Waals surface area contributed by atoms with E-state index in [2.05, 4.69) is 36.0 Å². The second kappa shape index (κ2) is 14.8. The molecule has 0 fully saturated rings. The molecule has 0 spiro atoms. The number of ether oxygens (including phenoxy) is 2. The number of carbonyl (C=O) groups is 2. The van der Waals surface area contributed by atoms with Crippen LogP contribution in [0.3, 0.4) is 0 Å². The molecule has 3 heterocycles. The third-order valence-electron chi connectivity index (χ3n) is 6.69. The first-order valence-electron chi connectivity index (χ1n) is 15.0. The zero-order valence-corrected chi connectivity index (χ0v) is 26.6. The molecule has 1 amide bonds. The maximum atomic E-state index is 12.7. The lowest BCUT2D eigenvalue weighted by Crippen LogP contribution is -2.47. The first-order valence-corrected chi connectivity index (χ1v) is 15.0. The molecule has 45 heavy (non-hydrogen) atoms. The highest BCUT2D eigenvalue weighted by Gasteiger charge is 2.28. The van der Waals surface area contributed by atoms with Gasteiger partial charge in [0.25, 0.3) is 0 Å². The number of rotatable bonds is 13. The summed E-state index contributed by atoms with van der Waals surface area (Å²) in [6, 6.07) is 13.0. The lowest BCUT2D eigenvalue weighted by atomic mass is 10.1. The summed E-state index contributed by atoms with van der Waals surface area (Å²) in [6.07, 6.45) is 2.47. The van der Waals surface area contributed by atoms with Crippen molar-refractivity contribution >= 4 is 29.6 Å². The number of aliphatic hydroxyl groups excluding tert-OH is 1. The van der Waals surface area contributed by atoms with E-state index in [1.54, 1.807) is 51.5 Å². The lowest BCUT2D eigenvalue weighted by Gasteiger charge is -2.25. The predicted octanol–water partition coefficient (Wildman–Crippen LogP) is 4.23. The van der Waals surface area contributed by atoms with Crippen LogP contribution < -0.4 is 16.0 Å². The summed E-state index contributed by atoms with van der Waals surface area (Å²) in [5.41, 5.74) is 3.84. The average Bonchev–Trinajstić information content (AvgIpc) is 3.43. The molecule has 4 aromatic rings. The smallest absolute Gasteiger partial charge is 0.408 e. The van der Waals surface area contributed by atoms with E-state index in [4.69, 9.17) is 9.47 Å². The zero-order chi connectivity index (χ0) is 32.6. The molecule has 1 unspecified atom stereocenters. The van der Waals surface area contributed by atoms with Crippen molar-refractivity contribution in [2.45, 2.75) is 72.3 Å². The third kappa shape index (κ3) is 9.35. The summed E-state index contributed by atoms with van der Waals surface area (Å²) in [6.45, 7) is 11.0.